The third-order valence-corrected chi connectivity index (χ3v) is 6.55. The number of carbonyl (C=O) groups excluding carboxylic acids is 2. The maximum atomic E-state index is 13.2. The van der Waals surface area contributed by atoms with Crippen LogP contribution in [-0.2, 0) is 16.1 Å². The molecule has 6 nitrogen and oxygen atoms in total. The Labute approximate surface area is 189 Å². The first-order chi connectivity index (χ1) is 15.3. The van der Waals surface area contributed by atoms with Crippen LogP contribution >= 0.6 is 0 Å². The Kier molecular flexibility index (Phi) is 5.87. The number of benzene rings is 2. The fourth-order valence-electron chi connectivity index (χ4n) is 4.49. The number of hydrogen-bond donors (Lipinski definition) is 0. The Morgan fingerprint density at radius 2 is 1.78 bits per heavy atom. The number of amides is 2. The summed E-state index contributed by atoms with van der Waals surface area (Å²) in [7, 11) is 1.81. The largest absolute Gasteiger partial charge is 0.341 e. The average Bonchev–Trinajstić information content (AvgIpc) is 3.30. The first-order valence-corrected chi connectivity index (χ1v) is 11.0. The van der Waals surface area contributed by atoms with Crippen LogP contribution in [0, 0.1) is 33.6 Å². The van der Waals surface area contributed by atoms with Gasteiger partial charge in [0.05, 0.1) is 17.3 Å². The molecule has 0 spiro atoms. The molecule has 0 radical (unpaired) electrons. The summed E-state index contributed by atoms with van der Waals surface area (Å²) < 4.78 is 1.92. The van der Waals surface area contributed by atoms with Crippen LogP contribution in [0.2, 0.25) is 0 Å². The van der Waals surface area contributed by atoms with Crippen molar-refractivity contribution < 1.29 is 9.59 Å². The Balaban J connectivity index is 1.50. The molecule has 4 rings (SSSR count). The smallest absolute Gasteiger partial charge is 0.228 e. The predicted molar refractivity (Wildman–Crippen MR) is 126 cm³/mol. The van der Waals surface area contributed by atoms with Crippen LogP contribution in [0.25, 0.3) is 5.69 Å². The second kappa shape index (κ2) is 8.61. The van der Waals surface area contributed by atoms with Crippen LogP contribution in [0.4, 0.5) is 5.69 Å². The zero-order valence-corrected chi connectivity index (χ0v) is 19.4. The molecule has 3 aromatic rings. The van der Waals surface area contributed by atoms with E-state index in [1.165, 1.54) is 0 Å². The number of anilines is 1. The van der Waals surface area contributed by atoms with Crippen molar-refractivity contribution in [2.75, 3.05) is 18.5 Å². The lowest BCUT2D eigenvalue weighted by atomic mass is 10.1. The highest BCUT2D eigenvalue weighted by Gasteiger charge is 2.37. The van der Waals surface area contributed by atoms with Gasteiger partial charge in [-0.1, -0.05) is 30.3 Å². The van der Waals surface area contributed by atoms with E-state index in [1.54, 1.807) is 9.80 Å². The second-order valence-corrected chi connectivity index (χ2v) is 8.72. The van der Waals surface area contributed by atoms with Crippen LogP contribution in [0.15, 0.2) is 48.5 Å². The summed E-state index contributed by atoms with van der Waals surface area (Å²) in [5, 5.41) is 4.69. The first kappa shape index (κ1) is 21.8. The van der Waals surface area contributed by atoms with Crippen molar-refractivity contribution in [1.82, 2.24) is 14.7 Å². The summed E-state index contributed by atoms with van der Waals surface area (Å²) in [6, 6.07) is 15.9. The standard InChI is InChI=1S/C26H30N4O2/c1-17-10-9-13-24(18(17)2)29-15-21(14-25(29)31)26(32)28(5)16-23-19(3)27-30(20(23)4)22-11-7-6-8-12-22/h6-13,21H,14-16H2,1-5H3. The van der Waals surface area contributed by atoms with E-state index >= 15 is 0 Å². The van der Waals surface area contributed by atoms with Gasteiger partial charge in [0.1, 0.15) is 0 Å². The molecule has 1 aromatic heterocycles. The zero-order chi connectivity index (χ0) is 23.0. The topological polar surface area (TPSA) is 58.4 Å². The molecule has 2 amide bonds. The fourth-order valence-corrected chi connectivity index (χ4v) is 4.49. The quantitative estimate of drug-likeness (QED) is 0.612. The molecule has 0 bridgehead atoms. The van der Waals surface area contributed by atoms with E-state index in [0.29, 0.717) is 13.1 Å². The molecule has 1 fully saturated rings. The minimum atomic E-state index is -0.336. The van der Waals surface area contributed by atoms with Gasteiger partial charge in [-0.05, 0) is 57.0 Å². The summed E-state index contributed by atoms with van der Waals surface area (Å²) in [5.74, 6) is -0.329. The van der Waals surface area contributed by atoms with E-state index < -0.39 is 0 Å². The molecule has 2 aromatic carbocycles. The Hall–Kier alpha value is -3.41. The molecule has 1 saturated heterocycles. The third-order valence-electron chi connectivity index (χ3n) is 6.55. The van der Waals surface area contributed by atoms with Crippen LogP contribution in [-0.4, -0.2) is 40.1 Å². The maximum Gasteiger partial charge on any atom is 0.228 e. The summed E-state index contributed by atoms with van der Waals surface area (Å²) in [6.45, 7) is 8.96. The Morgan fingerprint density at radius 3 is 2.50 bits per heavy atom. The molecule has 0 N–H and O–H groups in total. The molecule has 6 heteroatoms. The van der Waals surface area contributed by atoms with E-state index in [-0.39, 0.29) is 24.2 Å². The number of hydrogen-bond acceptors (Lipinski definition) is 3. The van der Waals surface area contributed by atoms with Gasteiger partial charge in [0, 0.05) is 43.5 Å². The normalized spacial score (nSPS) is 16.0. The lowest BCUT2D eigenvalue weighted by Crippen LogP contribution is -2.34. The van der Waals surface area contributed by atoms with Crippen LogP contribution in [0.1, 0.15) is 34.5 Å². The van der Waals surface area contributed by atoms with Crippen molar-refractivity contribution >= 4 is 17.5 Å². The molecule has 1 atom stereocenters. The SMILES string of the molecule is Cc1cccc(N2CC(C(=O)N(C)Cc3c(C)nn(-c4ccccc4)c3C)CC2=O)c1C. The number of aryl methyl sites for hydroxylation is 2. The van der Waals surface area contributed by atoms with Gasteiger partial charge in [0.15, 0.2) is 0 Å². The monoisotopic (exact) mass is 430 g/mol. The molecular weight excluding hydrogens is 400 g/mol. The number of nitrogens with zero attached hydrogens (tertiary/aromatic N) is 4. The van der Waals surface area contributed by atoms with E-state index in [9.17, 15) is 9.59 Å². The highest BCUT2D eigenvalue weighted by molar-refractivity contribution is 6.00. The lowest BCUT2D eigenvalue weighted by molar-refractivity contribution is -0.135. The first-order valence-electron chi connectivity index (χ1n) is 11.0. The van der Waals surface area contributed by atoms with Gasteiger partial charge in [-0.25, -0.2) is 4.68 Å². The van der Waals surface area contributed by atoms with E-state index in [2.05, 4.69) is 5.10 Å². The van der Waals surface area contributed by atoms with Crippen LogP contribution in [0.5, 0.6) is 0 Å². The predicted octanol–water partition coefficient (Wildman–Crippen LogP) is 4.12. The van der Waals surface area contributed by atoms with Crippen molar-refractivity contribution in [3.63, 3.8) is 0 Å². The van der Waals surface area contributed by atoms with Gasteiger partial charge < -0.3 is 9.80 Å². The average molecular weight is 431 g/mol. The van der Waals surface area contributed by atoms with Gasteiger partial charge in [0.2, 0.25) is 11.8 Å². The van der Waals surface area contributed by atoms with Gasteiger partial charge >= 0.3 is 0 Å². The Morgan fingerprint density at radius 1 is 1.06 bits per heavy atom. The van der Waals surface area contributed by atoms with Crippen molar-refractivity contribution in [3.8, 4) is 5.69 Å². The van der Waals surface area contributed by atoms with Crippen molar-refractivity contribution in [2.24, 2.45) is 5.92 Å². The van der Waals surface area contributed by atoms with Crippen LogP contribution in [0.3, 0.4) is 0 Å². The van der Waals surface area contributed by atoms with E-state index in [4.69, 9.17) is 0 Å². The number of para-hydroxylation sites is 1. The minimum absolute atomic E-state index is 0.00239. The van der Waals surface area contributed by atoms with Gasteiger partial charge in [-0.3, -0.25) is 9.59 Å². The van der Waals surface area contributed by atoms with Crippen LogP contribution < -0.4 is 4.90 Å². The van der Waals surface area contributed by atoms with Crippen molar-refractivity contribution in [1.29, 1.82) is 0 Å². The molecule has 166 valence electrons. The third kappa shape index (κ3) is 3.93. The molecule has 0 saturated carbocycles. The van der Waals surface area contributed by atoms with E-state index in [1.807, 2.05) is 88.0 Å². The summed E-state index contributed by atoms with van der Waals surface area (Å²) in [6.07, 6.45) is 0.248. The second-order valence-electron chi connectivity index (χ2n) is 8.72. The number of aromatic nitrogens is 2. The molecule has 1 aliphatic heterocycles. The zero-order valence-electron chi connectivity index (χ0n) is 19.4. The molecule has 0 aliphatic carbocycles. The van der Waals surface area contributed by atoms with Crippen molar-refractivity contribution in [2.45, 2.75) is 40.7 Å². The lowest BCUT2D eigenvalue weighted by Gasteiger charge is -2.23. The number of carbonyl (C=O) groups is 2. The molecular formula is C26H30N4O2. The summed E-state index contributed by atoms with van der Waals surface area (Å²) in [4.78, 5) is 29.5. The highest BCUT2D eigenvalue weighted by Crippen LogP contribution is 2.30. The Bertz CT molecular complexity index is 1170. The van der Waals surface area contributed by atoms with Crippen molar-refractivity contribution in [3.05, 3.63) is 76.6 Å². The van der Waals surface area contributed by atoms with Gasteiger partial charge in [0.25, 0.3) is 0 Å². The highest BCUT2D eigenvalue weighted by atomic mass is 16.2. The fraction of sp³-hybridized carbons (Fsp3) is 0.346. The van der Waals surface area contributed by atoms with Gasteiger partial charge in [-0.2, -0.15) is 5.10 Å². The summed E-state index contributed by atoms with van der Waals surface area (Å²) in [5.41, 5.74) is 7.10. The molecule has 32 heavy (non-hydrogen) atoms. The summed E-state index contributed by atoms with van der Waals surface area (Å²) >= 11 is 0. The minimum Gasteiger partial charge on any atom is -0.341 e. The molecule has 1 unspecified atom stereocenters. The van der Waals surface area contributed by atoms with E-state index in [0.717, 1.165) is 39.5 Å². The van der Waals surface area contributed by atoms with Gasteiger partial charge in [-0.15, -0.1) is 0 Å². The molecule has 2 heterocycles. The maximum absolute atomic E-state index is 13.2. The number of rotatable bonds is 5. The molecule has 1 aliphatic rings.